The van der Waals surface area contributed by atoms with Crippen molar-refractivity contribution < 1.29 is 9.59 Å². The van der Waals surface area contributed by atoms with Gasteiger partial charge >= 0.3 is 0 Å². The molecule has 1 aliphatic rings. The lowest BCUT2D eigenvalue weighted by Gasteiger charge is -2.32. The standard InChI is InChI=1S/C9H10ClN5O2/c1-4-8(17)13-6(16)3-15(4)7-5(10)2-12-9(11)14-7/h2,4H,3H2,1H3,(H2,11,12,14)(H,13,16,17). The molecule has 0 spiro atoms. The zero-order valence-corrected chi connectivity index (χ0v) is 9.73. The lowest BCUT2D eigenvalue weighted by Crippen LogP contribution is -2.57. The molecule has 8 heteroatoms. The molecule has 2 amide bonds. The summed E-state index contributed by atoms with van der Waals surface area (Å²) >= 11 is 5.93. The number of amides is 2. The van der Waals surface area contributed by atoms with Gasteiger partial charge in [0, 0.05) is 0 Å². The van der Waals surface area contributed by atoms with Crippen LogP contribution in [0, 0.1) is 0 Å². The van der Waals surface area contributed by atoms with E-state index in [9.17, 15) is 9.59 Å². The third-order valence-electron chi connectivity index (χ3n) is 2.44. The average Bonchev–Trinajstić information content (AvgIpc) is 2.27. The third-order valence-corrected chi connectivity index (χ3v) is 2.71. The van der Waals surface area contributed by atoms with Gasteiger partial charge in [0.1, 0.15) is 11.1 Å². The summed E-state index contributed by atoms with van der Waals surface area (Å²) in [6.45, 7) is 1.65. The van der Waals surface area contributed by atoms with Gasteiger partial charge in [-0.25, -0.2) is 4.98 Å². The summed E-state index contributed by atoms with van der Waals surface area (Å²) in [5, 5.41) is 2.47. The Morgan fingerprint density at radius 2 is 2.29 bits per heavy atom. The Morgan fingerprint density at radius 3 is 3.00 bits per heavy atom. The summed E-state index contributed by atoms with van der Waals surface area (Å²) in [5.74, 6) is -0.472. The van der Waals surface area contributed by atoms with Crippen molar-refractivity contribution in [3.63, 3.8) is 0 Å². The molecule has 0 saturated carbocycles. The second-order valence-electron chi connectivity index (χ2n) is 3.62. The van der Waals surface area contributed by atoms with Gasteiger partial charge in [-0.05, 0) is 6.92 Å². The highest BCUT2D eigenvalue weighted by molar-refractivity contribution is 6.33. The molecule has 1 aromatic rings. The average molecular weight is 256 g/mol. The van der Waals surface area contributed by atoms with Crippen molar-refractivity contribution in [3.8, 4) is 0 Å². The van der Waals surface area contributed by atoms with E-state index in [2.05, 4.69) is 15.3 Å². The molecule has 0 bridgehead atoms. The summed E-state index contributed by atoms with van der Waals surface area (Å²) in [6.07, 6.45) is 1.34. The van der Waals surface area contributed by atoms with Gasteiger partial charge in [-0.2, -0.15) is 4.98 Å². The van der Waals surface area contributed by atoms with Gasteiger partial charge in [0.05, 0.1) is 12.7 Å². The molecular formula is C9H10ClN5O2. The Morgan fingerprint density at radius 1 is 1.59 bits per heavy atom. The smallest absolute Gasteiger partial charge is 0.249 e. The number of nitrogens with two attached hydrogens (primary N) is 1. The lowest BCUT2D eigenvalue weighted by molar-refractivity contribution is -0.132. The molecule has 1 saturated heterocycles. The number of halogens is 1. The van der Waals surface area contributed by atoms with E-state index < -0.39 is 17.9 Å². The minimum atomic E-state index is -0.542. The molecule has 2 heterocycles. The predicted molar refractivity (Wildman–Crippen MR) is 61.4 cm³/mol. The Labute approximate surface area is 102 Å². The highest BCUT2D eigenvalue weighted by Crippen LogP contribution is 2.25. The molecular weight excluding hydrogens is 246 g/mol. The highest BCUT2D eigenvalue weighted by atomic mass is 35.5. The Bertz CT molecular complexity index is 492. The number of rotatable bonds is 1. The Balaban J connectivity index is 2.40. The molecule has 17 heavy (non-hydrogen) atoms. The van der Waals surface area contributed by atoms with E-state index in [1.54, 1.807) is 6.92 Å². The first-order valence-electron chi connectivity index (χ1n) is 4.87. The number of nitrogens with zero attached hydrogens (tertiary/aromatic N) is 3. The van der Waals surface area contributed by atoms with Crippen LogP contribution in [-0.2, 0) is 9.59 Å². The first-order chi connectivity index (χ1) is 7.99. The van der Waals surface area contributed by atoms with Crippen molar-refractivity contribution in [1.82, 2.24) is 15.3 Å². The third kappa shape index (κ3) is 2.14. The van der Waals surface area contributed by atoms with E-state index >= 15 is 0 Å². The number of carbonyl (C=O) groups is 2. The number of nitrogens with one attached hydrogen (secondary N) is 1. The minimum Gasteiger partial charge on any atom is -0.368 e. The van der Waals surface area contributed by atoms with Crippen LogP contribution in [-0.4, -0.2) is 34.4 Å². The van der Waals surface area contributed by atoms with Crippen LogP contribution in [0.3, 0.4) is 0 Å². The molecule has 1 atom stereocenters. The second kappa shape index (κ2) is 4.17. The topological polar surface area (TPSA) is 101 Å². The minimum absolute atomic E-state index is 0.00306. The normalized spacial score (nSPS) is 20.4. The first-order valence-corrected chi connectivity index (χ1v) is 5.25. The molecule has 3 N–H and O–H groups in total. The lowest BCUT2D eigenvalue weighted by atomic mass is 10.2. The molecule has 0 aliphatic carbocycles. The van der Waals surface area contributed by atoms with E-state index in [1.165, 1.54) is 11.1 Å². The monoisotopic (exact) mass is 255 g/mol. The molecule has 7 nitrogen and oxygen atoms in total. The van der Waals surface area contributed by atoms with Crippen molar-refractivity contribution in [2.45, 2.75) is 13.0 Å². The SMILES string of the molecule is CC1C(=O)NC(=O)CN1c1nc(N)ncc1Cl. The summed E-state index contributed by atoms with van der Waals surface area (Å²) in [4.78, 5) is 32.0. The number of aromatic nitrogens is 2. The number of hydrogen-bond acceptors (Lipinski definition) is 6. The van der Waals surface area contributed by atoms with Gasteiger partial charge in [0.25, 0.3) is 0 Å². The number of anilines is 2. The number of nitrogen functional groups attached to an aromatic ring is 1. The van der Waals surface area contributed by atoms with E-state index in [0.29, 0.717) is 0 Å². The molecule has 0 radical (unpaired) electrons. The maximum absolute atomic E-state index is 11.5. The summed E-state index contributed by atoms with van der Waals surface area (Å²) in [5.41, 5.74) is 5.46. The van der Waals surface area contributed by atoms with Crippen LogP contribution < -0.4 is 16.0 Å². The molecule has 90 valence electrons. The van der Waals surface area contributed by atoms with E-state index in [0.717, 1.165) is 0 Å². The van der Waals surface area contributed by atoms with Crippen LogP contribution in [0.4, 0.5) is 11.8 Å². The van der Waals surface area contributed by atoms with Gasteiger partial charge in [-0.1, -0.05) is 11.6 Å². The van der Waals surface area contributed by atoms with Crippen LogP contribution in [0.25, 0.3) is 0 Å². The van der Waals surface area contributed by atoms with Crippen LogP contribution in [0.15, 0.2) is 6.20 Å². The number of piperazine rings is 1. The van der Waals surface area contributed by atoms with E-state index in [4.69, 9.17) is 17.3 Å². The number of imide groups is 1. The van der Waals surface area contributed by atoms with Crippen LogP contribution in [0.5, 0.6) is 0 Å². The van der Waals surface area contributed by atoms with Crippen molar-refractivity contribution in [1.29, 1.82) is 0 Å². The van der Waals surface area contributed by atoms with Crippen molar-refractivity contribution >= 4 is 35.2 Å². The number of carbonyl (C=O) groups excluding carboxylic acids is 2. The second-order valence-corrected chi connectivity index (χ2v) is 4.02. The molecule has 2 rings (SSSR count). The molecule has 1 aromatic heterocycles. The first kappa shape index (κ1) is 11.6. The van der Waals surface area contributed by atoms with Gasteiger partial charge in [0.15, 0.2) is 5.82 Å². The molecule has 0 aromatic carbocycles. The molecule has 1 fully saturated rings. The van der Waals surface area contributed by atoms with Gasteiger partial charge < -0.3 is 10.6 Å². The van der Waals surface area contributed by atoms with E-state index in [-0.39, 0.29) is 23.3 Å². The maximum atomic E-state index is 11.5. The zero-order chi connectivity index (χ0) is 12.6. The zero-order valence-electron chi connectivity index (χ0n) is 8.98. The number of hydrogen-bond donors (Lipinski definition) is 2. The van der Waals surface area contributed by atoms with Crippen LogP contribution in [0.2, 0.25) is 5.02 Å². The van der Waals surface area contributed by atoms with Gasteiger partial charge in [-0.3, -0.25) is 14.9 Å². The predicted octanol–water partition coefficient (Wildman–Crippen LogP) is -0.437. The fourth-order valence-electron chi connectivity index (χ4n) is 1.55. The summed E-state index contributed by atoms with van der Waals surface area (Å²) in [6, 6.07) is -0.542. The fourth-order valence-corrected chi connectivity index (χ4v) is 1.75. The molecule has 1 unspecified atom stereocenters. The largest absolute Gasteiger partial charge is 0.368 e. The molecule has 1 aliphatic heterocycles. The Kier molecular flexibility index (Phi) is 2.84. The van der Waals surface area contributed by atoms with Crippen LogP contribution >= 0.6 is 11.6 Å². The van der Waals surface area contributed by atoms with Crippen molar-refractivity contribution in [2.75, 3.05) is 17.2 Å². The van der Waals surface area contributed by atoms with Gasteiger partial charge in [0.2, 0.25) is 17.8 Å². The van der Waals surface area contributed by atoms with Crippen LogP contribution in [0.1, 0.15) is 6.92 Å². The summed E-state index contributed by atoms with van der Waals surface area (Å²) < 4.78 is 0. The maximum Gasteiger partial charge on any atom is 0.249 e. The Hall–Kier alpha value is -1.89. The van der Waals surface area contributed by atoms with E-state index in [1.807, 2.05) is 0 Å². The van der Waals surface area contributed by atoms with Crippen molar-refractivity contribution in [2.24, 2.45) is 0 Å². The van der Waals surface area contributed by atoms with Crippen molar-refractivity contribution in [3.05, 3.63) is 11.2 Å². The fraction of sp³-hybridized carbons (Fsp3) is 0.333. The van der Waals surface area contributed by atoms with Gasteiger partial charge in [-0.15, -0.1) is 0 Å². The highest BCUT2D eigenvalue weighted by Gasteiger charge is 2.32. The summed E-state index contributed by atoms with van der Waals surface area (Å²) in [7, 11) is 0. The quantitative estimate of drug-likeness (QED) is 0.660.